The van der Waals surface area contributed by atoms with Gasteiger partial charge < -0.3 is 25.0 Å². The van der Waals surface area contributed by atoms with Gasteiger partial charge in [-0.1, -0.05) is 18.2 Å². The Morgan fingerprint density at radius 2 is 2.00 bits per heavy atom. The largest absolute Gasteiger partial charge is 0.385 e. The number of guanidine groups is 1. The third-order valence-corrected chi connectivity index (χ3v) is 4.72. The van der Waals surface area contributed by atoms with Crippen molar-refractivity contribution in [1.29, 1.82) is 0 Å². The van der Waals surface area contributed by atoms with Gasteiger partial charge >= 0.3 is 0 Å². The number of morpholine rings is 1. The number of hydrogen-bond donors (Lipinski definition) is 2. The minimum absolute atomic E-state index is 0.162. The van der Waals surface area contributed by atoms with Crippen LogP contribution in [0.3, 0.4) is 0 Å². The molecule has 0 aliphatic carbocycles. The molecule has 2 aliphatic rings. The number of aliphatic imine (C=N–C) groups is 1. The van der Waals surface area contributed by atoms with E-state index in [9.17, 15) is 0 Å². The second-order valence-corrected chi connectivity index (χ2v) is 6.53. The molecule has 2 atom stereocenters. The predicted octanol–water partition coefficient (Wildman–Crippen LogP) is 1.94. The molecule has 6 heteroatoms. The molecule has 0 bridgehead atoms. The molecule has 1 aromatic carbocycles. The van der Waals surface area contributed by atoms with Crippen LogP contribution in [0.4, 0.5) is 5.69 Å². The smallest absolute Gasteiger partial charge is 0.193 e. The second kappa shape index (κ2) is 9.63. The van der Waals surface area contributed by atoms with E-state index in [0.29, 0.717) is 0 Å². The fourth-order valence-corrected chi connectivity index (χ4v) is 3.40. The van der Waals surface area contributed by atoms with Crippen LogP contribution < -0.4 is 10.6 Å². The van der Waals surface area contributed by atoms with Crippen LogP contribution in [0.5, 0.6) is 0 Å². The average Bonchev–Trinajstić information content (AvgIpc) is 3.20. The van der Waals surface area contributed by atoms with Gasteiger partial charge in [-0.3, -0.25) is 4.99 Å². The third kappa shape index (κ3) is 5.34. The van der Waals surface area contributed by atoms with Crippen LogP contribution in [-0.2, 0) is 9.47 Å². The highest BCUT2D eigenvalue weighted by Gasteiger charge is 2.32. The summed E-state index contributed by atoms with van der Waals surface area (Å²) in [5.74, 6) is 0.964. The van der Waals surface area contributed by atoms with E-state index in [1.807, 2.05) is 25.2 Å². The summed E-state index contributed by atoms with van der Waals surface area (Å²) in [6, 6.07) is 10.3. The standard InChI is InChI=1S/C19H30N4O2/c1-20-19(22-11-6-10-21-16-7-3-2-4-8-16)23-12-14-25-18(15-23)17-9-5-13-24-17/h2-4,7-8,17-18,21H,5-6,9-15H2,1H3,(H,20,22). The van der Waals surface area contributed by atoms with Crippen molar-refractivity contribution in [3.05, 3.63) is 30.3 Å². The molecule has 2 N–H and O–H groups in total. The molecular weight excluding hydrogens is 316 g/mol. The van der Waals surface area contributed by atoms with Crippen molar-refractivity contribution in [2.24, 2.45) is 4.99 Å². The van der Waals surface area contributed by atoms with Crippen molar-refractivity contribution in [2.75, 3.05) is 51.8 Å². The van der Waals surface area contributed by atoms with Crippen LogP contribution in [0, 0.1) is 0 Å². The molecule has 3 rings (SSSR count). The lowest BCUT2D eigenvalue weighted by Crippen LogP contribution is -2.53. The van der Waals surface area contributed by atoms with Crippen LogP contribution in [-0.4, -0.2) is 69.5 Å². The van der Waals surface area contributed by atoms with E-state index >= 15 is 0 Å². The van der Waals surface area contributed by atoms with Gasteiger partial charge in [0.1, 0.15) is 6.10 Å². The summed E-state index contributed by atoms with van der Waals surface area (Å²) in [4.78, 5) is 6.74. The number of para-hydroxylation sites is 1. The molecule has 0 aromatic heterocycles. The van der Waals surface area contributed by atoms with Gasteiger partial charge in [0, 0.05) is 45.5 Å². The van der Waals surface area contributed by atoms with Gasteiger partial charge in [-0.15, -0.1) is 0 Å². The minimum Gasteiger partial charge on any atom is -0.385 e. The highest BCUT2D eigenvalue weighted by Crippen LogP contribution is 2.21. The maximum Gasteiger partial charge on any atom is 0.193 e. The number of nitrogens with zero attached hydrogens (tertiary/aromatic N) is 2. The minimum atomic E-state index is 0.162. The Kier molecular flexibility index (Phi) is 6.94. The molecule has 0 radical (unpaired) electrons. The molecule has 2 unspecified atom stereocenters. The predicted molar refractivity (Wildman–Crippen MR) is 101 cm³/mol. The Morgan fingerprint density at radius 1 is 1.16 bits per heavy atom. The first-order chi connectivity index (χ1) is 12.4. The number of rotatable bonds is 6. The summed E-state index contributed by atoms with van der Waals surface area (Å²) in [7, 11) is 1.85. The molecule has 0 spiro atoms. The molecule has 2 saturated heterocycles. The van der Waals surface area contributed by atoms with Crippen LogP contribution in [0.1, 0.15) is 19.3 Å². The fourth-order valence-electron chi connectivity index (χ4n) is 3.40. The second-order valence-electron chi connectivity index (χ2n) is 6.53. The first-order valence-electron chi connectivity index (χ1n) is 9.34. The van der Waals surface area contributed by atoms with Gasteiger partial charge in [-0.05, 0) is 31.4 Å². The Labute approximate surface area is 150 Å². The summed E-state index contributed by atoms with van der Waals surface area (Å²) in [6.07, 6.45) is 3.69. The zero-order valence-corrected chi connectivity index (χ0v) is 15.1. The molecular formula is C19H30N4O2. The molecule has 0 amide bonds. The highest BCUT2D eigenvalue weighted by atomic mass is 16.5. The summed E-state index contributed by atoms with van der Waals surface area (Å²) >= 11 is 0. The highest BCUT2D eigenvalue weighted by molar-refractivity contribution is 5.80. The summed E-state index contributed by atoms with van der Waals surface area (Å²) < 4.78 is 11.7. The fraction of sp³-hybridized carbons (Fsp3) is 0.632. The van der Waals surface area contributed by atoms with Gasteiger partial charge in [-0.25, -0.2) is 0 Å². The van der Waals surface area contributed by atoms with E-state index < -0.39 is 0 Å². The first-order valence-corrected chi connectivity index (χ1v) is 9.34. The van der Waals surface area contributed by atoms with Gasteiger partial charge in [0.2, 0.25) is 0 Å². The first kappa shape index (κ1) is 18.0. The molecule has 138 valence electrons. The van der Waals surface area contributed by atoms with Crippen LogP contribution >= 0.6 is 0 Å². The monoisotopic (exact) mass is 346 g/mol. The lowest BCUT2D eigenvalue weighted by Gasteiger charge is -2.37. The molecule has 2 aliphatic heterocycles. The van der Waals surface area contributed by atoms with Gasteiger partial charge in [0.25, 0.3) is 0 Å². The van der Waals surface area contributed by atoms with Crippen molar-refractivity contribution in [2.45, 2.75) is 31.5 Å². The molecule has 6 nitrogen and oxygen atoms in total. The van der Waals surface area contributed by atoms with Crippen molar-refractivity contribution in [1.82, 2.24) is 10.2 Å². The average molecular weight is 346 g/mol. The Balaban J connectivity index is 1.38. The van der Waals surface area contributed by atoms with E-state index in [-0.39, 0.29) is 12.2 Å². The van der Waals surface area contributed by atoms with Crippen LogP contribution in [0.25, 0.3) is 0 Å². The number of hydrogen-bond acceptors (Lipinski definition) is 4. The van der Waals surface area contributed by atoms with Gasteiger partial charge in [0.05, 0.1) is 12.7 Å². The summed E-state index contributed by atoms with van der Waals surface area (Å²) in [6.45, 7) is 5.18. The molecule has 1 aromatic rings. The summed E-state index contributed by atoms with van der Waals surface area (Å²) in [5, 5.41) is 6.91. The zero-order valence-electron chi connectivity index (χ0n) is 15.1. The van der Waals surface area contributed by atoms with Crippen LogP contribution in [0.2, 0.25) is 0 Å². The normalized spacial score (nSPS) is 24.4. The van der Waals surface area contributed by atoms with Crippen molar-refractivity contribution in [3.8, 4) is 0 Å². The van der Waals surface area contributed by atoms with E-state index in [1.165, 1.54) is 5.69 Å². The maximum absolute atomic E-state index is 5.92. The van der Waals surface area contributed by atoms with Gasteiger partial charge in [0.15, 0.2) is 5.96 Å². The Bertz CT molecular complexity index is 531. The molecule has 25 heavy (non-hydrogen) atoms. The summed E-state index contributed by atoms with van der Waals surface area (Å²) in [5.41, 5.74) is 1.17. The topological polar surface area (TPSA) is 58.1 Å². The zero-order chi connectivity index (χ0) is 17.3. The SMILES string of the molecule is CN=C(NCCCNc1ccccc1)N1CCOC(C2CCCO2)C1. The number of benzene rings is 1. The Hall–Kier alpha value is -1.79. The van der Waals surface area contributed by atoms with E-state index in [0.717, 1.165) is 64.6 Å². The van der Waals surface area contributed by atoms with Crippen LogP contribution in [0.15, 0.2) is 35.3 Å². The quantitative estimate of drug-likeness (QED) is 0.468. The number of nitrogens with one attached hydrogen (secondary N) is 2. The van der Waals surface area contributed by atoms with Gasteiger partial charge in [-0.2, -0.15) is 0 Å². The Morgan fingerprint density at radius 3 is 2.76 bits per heavy atom. The number of ether oxygens (including phenoxy) is 2. The molecule has 0 saturated carbocycles. The third-order valence-electron chi connectivity index (χ3n) is 4.72. The van der Waals surface area contributed by atoms with Crippen molar-refractivity contribution < 1.29 is 9.47 Å². The van der Waals surface area contributed by atoms with Crippen molar-refractivity contribution in [3.63, 3.8) is 0 Å². The van der Waals surface area contributed by atoms with E-state index in [4.69, 9.17) is 9.47 Å². The van der Waals surface area contributed by atoms with Crippen molar-refractivity contribution >= 4 is 11.6 Å². The maximum atomic E-state index is 5.92. The lowest BCUT2D eigenvalue weighted by molar-refractivity contribution is -0.0816. The lowest BCUT2D eigenvalue weighted by atomic mass is 10.1. The van der Waals surface area contributed by atoms with E-state index in [2.05, 4.69) is 32.7 Å². The number of anilines is 1. The molecule has 2 heterocycles. The van der Waals surface area contributed by atoms with E-state index in [1.54, 1.807) is 0 Å². The molecule has 2 fully saturated rings.